The lowest BCUT2D eigenvalue weighted by Crippen LogP contribution is -2.32. The molecule has 0 saturated heterocycles. The minimum absolute atomic E-state index is 0. The molecule has 0 spiro atoms. The number of nitrogens with zero attached hydrogens (tertiary/aromatic N) is 1. The normalized spacial score (nSPS) is 12.9. The van der Waals surface area contributed by atoms with E-state index in [9.17, 15) is 8.78 Å². The van der Waals surface area contributed by atoms with Crippen LogP contribution in [0.4, 0.5) is 8.78 Å². The highest BCUT2D eigenvalue weighted by Gasteiger charge is 2.19. The molecular weight excluding hydrogens is 447 g/mol. The first-order valence-electron chi connectivity index (χ1n) is 8.01. The van der Waals surface area contributed by atoms with Crippen LogP contribution in [0.5, 0.6) is 17.2 Å². The number of nitrogens with one attached hydrogen (secondary N) is 1. The largest absolute Gasteiger partial charge is 0.454 e. The van der Waals surface area contributed by atoms with E-state index in [1.165, 1.54) is 18.9 Å². The number of fused-ring (bicyclic) bond motifs is 1. The third kappa shape index (κ3) is 7.09. The summed E-state index contributed by atoms with van der Waals surface area (Å²) in [5.74, 6) is 1.13. The molecule has 0 bridgehead atoms. The molecule has 0 aliphatic carbocycles. The molecule has 0 amide bonds. The van der Waals surface area contributed by atoms with Gasteiger partial charge in [0.1, 0.15) is 5.75 Å². The summed E-state index contributed by atoms with van der Waals surface area (Å²) >= 11 is 0. The summed E-state index contributed by atoms with van der Waals surface area (Å²) < 4.78 is 40.0. The van der Waals surface area contributed by atoms with Crippen LogP contribution >= 0.6 is 24.0 Å². The Kier molecular flexibility index (Phi) is 9.61. The molecule has 1 aliphatic heterocycles. The van der Waals surface area contributed by atoms with Crippen LogP contribution in [0.2, 0.25) is 0 Å². The number of benzene rings is 1. The van der Waals surface area contributed by atoms with E-state index in [4.69, 9.17) is 15.2 Å². The van der Waals surface area contributed by atoms with Gasteiger partial charge < -0.3 is 25.3 Å². The van der Waals surface area contributed by atoms with Gasteiger partial charge in [-0.3, -0.25) is 0 Å². The number of hydrogen-bond donors (Lipinski definition) is 2. The van der Waals surface area contributed by atoms with E-state index in [2.05, 4.69) is 22.0 Å². The minimum Gasteiger partial charge on any atom is -0.454 e. The lowest BCUT2D eigenvalue weighted by Gasteiger charge is -2.11. The number of nitrogens with two attached hydrogens (primary N) is 1. The van der Waals surface area contributed by atoms with Crippen molar-refractivity contribution < 1.29 is 23.0 Å². The molecule has 0 saturated carbocycles. The molecule has 1 aromatic carbocycles. The Labute approximate surface area is 163 Å². The fourth-order valence-corrected chi connectivity index (χ4v) is 2.29. The van der Waals surface area contributed by atoms with Crippen LogP contribution < -0.4 is 25.3 Å². The van der Waals surface area contributed by atoms with E-state index in [1.54, 1.807) is 6.07 Å². The van der Waals surface area contributed by atoms with Crippen LogP contribution in [-0.2, 0) is 6.54 Å². The summed E-state index contributed by atoms with van der Waals surface area (Å²) in [6, 6.07) is 2.96. The van der Waals surface area contributed by atoms with Crippen molar-refractivity contribution in [1.82, 2.24) is 5.32 Å². The Morgan fingerprint density at radius 3 is 2.68 bits per heavy atom. The minimum atomic E-state index is -2.93. The Balaban J connectivity index is 0.00000312. The number of aliphatic imine (C=N–C) groups is 1. The highest BCUT2D eigenvalue weighted by Crippen LogP contribution is 2.38. The van der Waals surface area contributed by atoms with Crippen LogP contribution in [0, 0.1) is 0 Å². The fraction of sp³-hybridized carbons (Fsp3) is 0.562. The van der Waals surface area contributed by atoms with E-state index >= 15 is 0 Å². The molecule has 0 aromatic heterocycles. The molecule has 25 heavy (non-hydrogen) atoms. The number of hydrogen-bond acceptors (Lipinski definition) is 4. The molecule has 142 valence electrons. The average molecular weight is 471 g/mol. The second-order valence-electron chi connectivity index (χ2n) is 5.38. The van der Waals surface area contributed by atoms with Crippen molar-refractivity contribution in [2.75, 3.05) is 13.3 Å². The second kappa shape index (κ2) is 11.2. The Bertz CT molecular complexity index is 574. The molecule has 0 unspecified atom stereocenters. The summed E-state index contributed by atoms with van der Waals surface area (Å²) in [5, 5.41) is 3.01. The molecule has 0 fully saturated rings. The molecule has 1 aromatic rings. The Morgan fingerprint density at radius 1 is 1.28 bits per heavy atom. The van der Waals surface area contributed by atoms with Crippen LogP contribution in [-0.4, -0.2) is 25.9 Å². The third-order valence-corrected chi connectivity index (χ3v) is 3.53. The lowest BCUT2D eigenvalue weighted by molar-refractivity contribution is -0.0505. The summed E-state index contributed by atoms with van der Waals surface area (Å²) in [5.41, 5.74) is 6.25. The Hall–Kier alpha value is -1.52. The van der Waals surface area contributed by atoms with Crippen LogP contribution in [0.25, 0.3) is 0 Å². The molecule has 3 N–H and O–H groups in total. The third-order valence-electron chi connectivity index (χ3n) is 3.53. The summed E-state index contributed by atoms with van der Waals surface area (Å²) in [4.78, 5) is 4.17. The maximum atomic E-state index is 12.6. The van der Waals surface area contributed by atoms with Crippen molar-refractivity contribution in [3.63, 3.8) is 0 Å². The predicted molar refractivity (Wildman–Crippen MR) is 102 cm³/mol. The molecule has 9 heteroatoms. The van der Waals surface area contributed by atoms with Gasteiger partial charge in [0.05, 0.1) is 6.54 Å². The summed E-state index contributed by atoms with van der Waals surface area (Å²) in [6.07, 6.45) is 4.49. The first kappa shape index (κ1) is 21.5. The number of halogens is 3. The molecule has 0 radical (unpaired) electrons. The van der Waals surface area contributed by atoms with Gasteiger partial charge in [0, 0.05) is 18.2 Å². The Morgan fingerprint density at radius 2 is 2.00 bits per heavy atom. The molecule has 0 atom stereocenters. The van der Waals surface area contributed by atoms with Gasteiger partial charge in [-0.25, -0.2) is 4.99 Å². The van der Waals surface area contributed by atoms with Gasteiger partial charge in [-0.1, -0.05) is 26.2 Å². The first-order valence-corrected chi connectivity index (χ1v) is 8.01. The standard InChI is InChI=1S/C16H23F2N3O3.HI/c1-2-3-4-5-6-20-16(19)21-9-11-7-13-14(23-10-22-13)8-12(11)24-15(17)18;/h7-8,15H,2-6,9-10H2,1H3,(H3,19,20,21);1H. The molecule has 6 nitrogen and oxygen atoms in total. The number of rotatable bonds is 9. The van der Waals surface area contributed by atoms with Gasteiger partial charge in [0.25, 0.3) is 0 Å². The summed E-state index contributed by atoms with van der Waals surface area (Å²) in [6.45, 7) is 0.108. The van der Waals surface area contributed by atoms with Gasteiger partial charge in [0.15, 0.2) is 17.5 Å². The van der Waals surface area contributed by atoms with Gasteiger partial charge in [0.2, 0.25) is 6.79 Å². The molecule has 1 heterocycles. The van der Waals surface area contributed by atoms with Gasteiger partial charge in [-0.05, 0) is 12.5 Å². The van der Waals surface area contributed by atoms with Gasteiger partial charge in [-0.15, -0.1) is 24.0 Å². The van der Waals surface area contributed by atoms with Crippen LogP contribution in [0.1, 0.15) is 38.2 Å². The topological polar surface area (TPSA) is 78.1 Å². The maximum Gasteiger partial charge on any atom is 0.387 e. The molecule has 2 rings (SSSR count). The zero-order chi connectivity index (χ0) is 17.4. The first-order chi connectivity index (χ1) is 11.6. The highest BCUT2D eigenvalue weighted by molar-refractivity contribution is 14.0. The number of guanidine groups is 1. The fourth-order valence-electron chi connectivity index (χ4n) is 2.29. The van der Waals surface area contributed by atoms with Gasteiger partial charge >= 0.3 is 6.61 Å². The lowest BCUT2D eigenvalue weighted by atomic mass is 10.1. The van der Waals surface area contributed by atoms with E-state index in [1.807, 2.05) is 0 Å². The number of alkyl halides is 2. The van der Waals surface area contributed by atoms with Crippen molar-refractivity contribution in [1.29, 1.82) is 0 Å². The maximum absolute atomic E-state index is 12.6. The van der Waals surface area contributed by atoms with E-state index in [-0.39, 0.29) is 49.0 Å². The molecule has 1 aliphatic rings. The monoisotopic (exact) mass is 471 g/mol. The van der Waals surface area contributed by atoms with Gasteiger partial charge in [-0.2, -0.15) is 8.78 Å². The average Bonchev–Trinajstić information content (AvgIpc) is 2.99. The zero-order valence-corrected chi connectivity index (χ0v) is 16.4. The number of ether oxygens (including phenoxy) is 3. The summed E-state index contributed by atoms with van der Waals surface area (Å²) in [7, 11) is 0. The van der Waals surface area contributed by atoms with Crippen LogP contribution in [0.3, 0.4) is 0 Å². The smallest absolute Gasteiger partial charge is 0.387 e. The zero-order valence-electron chi connectivity index (χ0n) is 14.1. The van der Waals surface area contributed by atoms with E-state index < -0.39 is 6.61 Å². The van der Waals surface area contributed by atoms with Crippen molar-refractivity contribution in [3.8, 4) is 17.2 Å². The highest BCUT2D eigenvalue weighted by atomic mass is 127. The van der Waals surface area contributed by atoms with Crippen molar-refractivity contribution in [2.24, 2.45) is 10.7 Å². The predicted octanol–water partition coefficient (Wildman–Crippen LogP) is 3.62. The SMILES string of the molecule is CCCCCCNC(N)=NCc1cc2c(cc1OC(F)F)OCO2.I. The molecular formula is C16H24F2IN3O3. The van der Waals surface area contributed by atoms with Crippen molar-refractivity contribution >= 4 is 29.9 Å². The van der Waals surface area contributed by atoms with E-state index in [0.29, 0.717) is 17.1 Å². The van der Waals surface area contributed by atoms with E-state index in [0.717, 1.165) is 19.4 Å². The van der Waals surface area contributed by atoms with Crippen LogP contribution in [0.15, 0.2) is 17.1 Å². The van der Waals surface area contributed by atoms with Crippen molar-refractivity contribution in [2.45, 2.75) is 45.8 Å². The quantitative estimate of drug-likeness (QED) is 0.249. The second-order valence-corrected chi connectivity index (χ2v) is 5.38. The number of unbranched alkanes of at least 4 members (excludes halogenated alkanes) is 3. The van der Waals surface area contributed by atoms with Crippen molar-refractivity contribution in [3.05, 3.63) is 17.7 Å².